The van der Waals surface area contributed by atoms with Crippen LogP contribution in [0.3, 0.4) is 0 Å². The Kier molecular flexibility index (Phi) is 1.54. The van der Waals surface area contributed by atoms with E-state index >= 15 is 0 Å². The van der Waals surface area contributed by atoms with Gasteiger partial charge in [-0.1, -0.05) is 0 Å². The minimum absolute atomic E-state index is 0.340. The van der Waals surface area contributed by atoms with Crippen LogP contribution in [0, 0.1) is 11.6 Å². The molecule has 3 rings (SSSR count). The standard InChI is InChI=1S/C11H6F2N2/c12-6-1-2-10-8(3-6)9-4-7(13)5-14-11(9)15-10/h1-5H,(H,14,15). The quantitative estimate of drug-likeness (QED) is 0.599. The highest BCUT2D eigenvalue weighted by Crippen LogP contribution is 2.24. The third-order valence-electron chi connectivity index (χ3n) is 2.38. The van der Waals surface area contributed by atoms with Crippen LogP contribution in [0.5, 0.6) is 0 Å². The van der Waals surface area contributed by atoms with E-state index in [1.165, 1.54) is 18.2 Å². The molecule has 1 aromatic carbocycles. The Morgan fingerprint density at radius 3 is 2.67 bits per heavy atom. The van der Waals surface area contributed by atoms with E-state index in [2.05, 4.69) is 9.97 Å². The smallest absolute Gasteiger partial charge is 0.142 e. The first-order chi connectivity index (χ1) is 7.24. The van der Waals surface area contributed by atoms with Gasteiger partial charge in [0.05, 0.1) is 6.20 Å². The molecular weight excluding hydrogens is 198 g/mol. The molecule has 2 aromatic heterocycles. The van der Waals surface area contributed by atoms with E-state index < -0.39 is 5.82 Å². The van der Waals surface area contributed by atoms with Crippen LogP contribution in [-0.4, -0.2) is 9.97 Å². The van der Waals surface area contributed by atoms with Crippen LogP contribution in [0.2, 0.25) is 0 Å². The Morgan fingerprint density at radius 2 is 1.80 bits per heavy atom. The topological polar surface area (TPSA) is 28.7 Å². The number of nitrogens with one attached hydrogen (secondary N) is 1. The average Bonchev–Trinajstić information content (AvgIpc) is 2.56. The van der Waals surface area contributed by atoms with E-state index in [-0.39, 0.29) is 5.82 Å². The van der Waals surface area contributed by atoms with Gasteiger partial charge in [0.15, 0.2) is 0 Å². The first-order valence-corrected chi connectivity index (χ1v) is 4.46. The molecule has 15 heavy (non-hydrogen) atoms. The molecule has 3 aromatic rings. The second kappa shape index (κ2) is 2.76. The number of hydrogen-bond acceptors (Lipinski definition) is 1. The highest BCUT2D eigenvalue weighted by molar-refractivity contribution is 6.05. The van der Waals surface area contributed by atoms with Gasteiger partial charge in [-0.25, -0.2) is 13.8 Å². The van der Waals surface area contributed by atoms with Crippen molar-refractivity contribution in [1.82, 2.24) is 9.97 Å². The maximum atomic E-state index is 13.0. The molecule has 0 aliphatic heterocycles. The molecule has 74 valence electrons. The van der Waals surface area contributed by atoms with E-state index in [1.54, 1.807) is 6.07 Å². The summed E-state index contributed by atoms with van der Waals surface area (Å²) in [7, 11) is 0. The first kappa shape index (κ1) is 8.35. The second-order valence-corrected chi connectivity index (χ2v) is 3.36. The summed E-state index contributed by atoms with van der Waals surface area (Å²) in [5.74, 6) is -0.764. The number of halogens is 2. The van der Waals surface area contributed by atoms with Crippen molar-refractivity contribution in [3.05, 3.63) is 42.1 Å². The van der Waals surface area contributed by atoms with Crippen LogP contribution in [-0.2, 0) is 0 Å². The lowest BCUT2D eigenvalue weighted by Crippen LogP contribution is -1.78. The summed E-state index contributed by atoms with van der Waals surface area (Å²) in [5, 5.41) is 1.25. The minimum Gasteiger partial charge on any atom is -0.339 e. The molecule has 4 heteroatoms. The van der Waals surface area contributed by atoms with E-state index in [1.807, 2.05) is 0 Å². The summed E-state index contributed by atoms with van der Waals surface area (Å²) in [6.07, 6.45) is 1.13. The number of benzene rings is 1. The van der Waals surface area contributed by atoms with Crippen molar-refractivity contribution >= 4 is 21.9 Å². The van der Waals surface area contributed by atoms with E-state index in [0.717, 1.165) is 11.7 Å². The molecule has 0 atom stereocenters. The van der Waals surface area contributed by atoms with Gasteiger partial charge in [-0.05, 0) is 24.3 Å². The van der Waals surface area contributed by atoms with Crippen molar-refractivity contribution in [3.63, 3.8) is 0 Å². The molecule has 2 nitrogen and oxygen atoms in total. The normalized spacial score (nSPS) is 11.3. The molecule has 0 spiro atoms. The largest absolute Gasteiger partial charge is 0.339 e. The summed E-state index contributed by atoms with van der Waals surface area (Å²) in [6.45, 7) is 0. The Morgan fingerprint density at radius 1 is 1.00 bits per heavy atom. The fourth-order valence-electron chi connectivity index (χ4n) is 1.72. The molecule has 0 unspecified atom stereocenters. The summed E-state index contributed by atoms with van der Waals surface area (Å²) in [5.41, 5.74) is 1.32. The van der Waals surface area contributed by atoms with Crippen molar-refractivity contribution in [2.24, 2.45) is 0 Å². The minimum atomic E-state index is -0.423. The molecule has 0 aliphatic rings. The van der Waals surface area contributed by atoms with E-state index in [0.29, 0.717) is 16.4 Å². The lowest BCUT2D eigenvalue weighted by atomic mass is 10.2. The maximum absolute atomic E-state index is 13.0. The SMILES string of the molecule is Fc1ccc2[nH]c3ncc(F)cc3c2c1. The number of nitrogens with zero attached hydrogens (tertiary/aromatic N) is 1. The van der Waals surface area contributed by atoms with Crippen LogP contribution >= 0.6 is 0 Å². The van der Waals surface area contributed by atoms with Crippen molar-refractivity contribution < 1.29 is 8.78 Å². The third-order valence-corrected chi connectivity index (χ3v) is 2.38. The van der Waals surface area contributed by atoms with Gasteiger partial charge in [0.2, 0.25) is 0 Å². The van der Waals surface area contributed by atoms with Gasteiger partial charge >= 0.3 is 0 Å². The zero-order valence-electron chi connectivity index (χ0n) is 7.59. The van der Waals surface area contributed by atoms with Gasteiger partial charge in [-0.15, -0.1) is 0 Å². The number of aromatic nitrogens is 2. The number of fused-ring (bicyclic) bond motifs is 3. The Hall–Kier alpha value is -1.97. The molecule has 2 heterocycles. The number of pyridine rings is 1. The molecule has 0 radical (unpaired) electrons. The average molecular weight is 204 g/mol. The van der Waals surface area contributed by atoms with Gasteiger partial charge in [-0.3, -0.25) is 0 Å². The van der Waals surface area contributed by atoms with Crippen LogP contribution in [0.15, 0.2) is 30.5 Å². The Balaban J connectivity index is 2.55. The predicted molar refractivity (Wildman–Crippen MR) is 53.5 cm³/mol. The van der Waals surface area contributed by atoms with E-state index in [9.17, 15) is 8.78 Å². The molecule has 0 fully saturated rings. The third kappa shape index (κ3) is 1.18. The van der Waals surface area contributed by atoms with Gasteiger partial charge < -0.3 is 4.98 Å². The monoisotopic (exact) mass is 204 g/mol. The van der Waals surface area contributed by atoms with Crippen LogP contribution < -0.4 is 0 Å². The zero-order valence-corrected chi connectivity index (χ0v) is 7.59. The summed E-state index contributed by atoms with van der Waals surface area (Å²) >= 11 is 0. The fourth-order valence-corrected chi connectivity index (χ4v) is 1.72. The van der Waals surface area contributed by atoms with E-state index in [4.69, 9.17) is 0 Å². The summed E-state index contributed by atoms with van der Waals surface area (Å²) in [4.78, 5) is 6.88. The van der Waals surface area contributed by atoms with Gasteiger partial charge in [-0.2, -0.15) is 0 Å². The molecule has 0 saturated carbocycles. The first-order valence-electron chi connectivity index (χ1n) is 4.46. The molecular formula is C11H6F2N2. The van der Waals surface area contributed by atoms with Crippen LogP contribution in [0.4, 0.5) is 8.78 Å². The molecule has 0 saturated heterocycles. The zero-order chi connectivity index (χ0) is 10.4. The molecule has 1 N–H and O–H groups in total. The predicted octanol–water partition coefficient (Wildman–Crippen LogP) is 2.99. The number of rotatable bonds is 0. The van der Waals surface area contributed by atoms with Crippen molar-refractivity contribution in [2.45, 2.75) is 0 Å². The van der Waals surface area contributed by atoms with Crippen molar-refractivity contribution in [2.75, 3.05) is 0 Å². The molecule has 0 amide bonds. The van der Waals surface area contributed by atoms with Crippen molar-refractivity contribution in [1.29, 1.82) is 0 Å². The fraction of sp³-hybridized carbons (Fsp3) is 0. The highest BCUT2D eigenvalue weighted by atomic mass is 19.1. The summed E-state index contributed by atoms with van der Waals surface area (Å²) < 4.78 is 26.0. The molecule has 0 aliphatic carbocycles. The lowest BCUT2D eigenvalue weighted by Gasteiger charge is -1.91. The number of hydrogen-bond donors (Lipinski definition) is 1. The maximum Gasteiger partial charge on any atom is 0.142 e. The van der Waals surface area contributed by atoms with Gasteiger partial charge in [0.25, 0.3) is 0 Å². The Bertz CT molecular complexity index is 602. The summed E-state index contributed by atoms with van der Waals surface area (Å²) in [6, 6.07) is 5.69. The lowest BCUT2D eigenvalue weighted by molar-refractivity contribution is 0.624. The Labute approximate surface area is 83.6 Å². The van der Waals surface area contributed by atoms with Crippen LogP contribution in [0.1, 0.15) is 0 Å². The second-order valence-electron chi connectivity index (χ2n) is 3.36. The molecule has 0 bridgehead atoms. The van der Waals surface area contributed by atoms with Gasteiger partial charge in [0, 0.05) is 16.3 Å². The van der Waals surface area contributed by atoms with Gasteiger partial charge in [0.1, 0.15) is 17.3 Å². The van der Waals surface area contributed by atoms with Crippen molar-refractivity contribution in [3.8, 4) is 0 Å². The number of H-pyrrole nitrogens is 1. The highest BCUT2D eigenvalue weighted by Gasteiger charge is 2.06. The van der Waals surface area contributed by atoms with Crippen LogP contribution in [0.25, 0.3) is 21.9 Å². The number of aromatic amines is 1.